The summed E-state index contributed by atoms with van der Waals surface area (Å²) in [5.41, 5.74) is 15.7. The number of anilines is 3. The van der Waals surface area contributed by atoms with E-state index in [1.807, 2.05) is 12.2 Å². The van der Waals surface area contributed by atoms with Gasteiger partial charge in [0.15, 0.2) is 0 Å². The van der Waals surface area contributed by atoms with Gasteiger partial charge < -0.3 is 4.90 Å². The lowest BCUT2D eigenvalue weighted by molar-refractivity contribution is 1.29. The van der Waals surface area contributed by atoms with Crippen LogP contribution in [0.3, 0.4) is 0 Å². The molecule has 0 aliphatic carbocycles. The number of hydrogen-bond acceptors (Lipinski definition) is 1. The molecule has 9 aromatic rings. The van der Waals surface area contributed by atoms with Gasteiger partial charge in [-0.05, 0) is 151 Å². The van der Waals surface area contributed by atoms with Crippen molar-refractivity contribution in [3.05, 3.63) is 217 Å². The molecule has 0 atom stereocenters. The minimum Gasteiger partial charge on any atom is -0.310 e. The van der Waals surface area contributed by atoms with Crippen molar-refractivity contribution in [3.63, 3.8) is 0 Å². The Morgan fingerprint density at radius 3 is 1.71 bits per heavy atom. The van der Waals surface area contributed by atoms with Gasteiger partial charge >= 0.3 is 0 Å². The monoisotopic (exact) mass is 717 g/mol. The number of rotatable bonds is 8. The van der Waals surface area contributed by atoms with Gasteiger partial charge in [-0.1, -0.05) is 158 Å². The number of benzene rings is 9. The summed E-state index contributed by atoms with van der Waals surface area (Å²) < 4.78 is 0. The fraction of sp³-hybridized carbons (Fsp3) is 0.0545. The molecule has 0 spiro atoms. The zero-order chi connectivity index (χ0) is 38.2. The third kappa shape index (κ3) is 6.28. The maximum atomic E-state index is 3.94. The van der Waals surface area contributed by atoms with Crippen LogP contribution in [0.25, 0.3) is 71.8 Å². The molecule has 1 nitrogen and oxygen atoms in total. The highest BCUT2D eigenvalue weighted by Gasteiger charge is 2.17. The van der Waals surface area contributed by atoms with Gasteiger partial charge in [-0.2, -0.15) is 0 Å². The van der Waals surface area contributed by atoms with Crippen molar-refractivity contribution in [2.75, 3.05) is 4.90 Å². The van der Waals surface area contributed by atoms with Gasteiger partial charge in [-0.25, -0.2) is 0 Å². The lowest BCUT2D eigenvalue weighted by atomic mass is 9.90. The van der Waals surface area contributed by atoms with Crippen molar-refractivity contribution in [2.24, 2.45) is 0 Å². The van der Waals surface area contributed by atoms with Crippen molar-refractivity contribution < 1.29 is 0 Å². The van der Waals surface area contributed by atoms with E-state index in [1.54, 1.807) is 0 Å². The Bertz CT molecular complexity index is 2930. The molecule has 0 aromatic heterocycles. The topological polar surface area (TPSA) is 3.24 Å². The molecule has 0 aliphatic heterocycles. The van der Waals surface area contributed by atoms with E-state index in [-0.39, 0.29) is 0 Å². The van der Waals surface area contributed by atoms with E-state index in [0.717, 1.165) is 17.1 Å². The number of allylic oxidation sites excluding steroid dienone is 2. The Balaban J connectivity index is 1.16. The Morgan fingerprint density at radius 1 is 0.411 bits per heavy atom. The molecule has 0 amide bonds. The van der Waals surface area contributed by atoms with Crippen LogP contribution >= 0.6 is 0 Å². The van der Waals surface area contributed by atoms with Crippen molar-refractivity contribution in [1.82, 2.24) is 0 Å². The maximum Gasteiger partial charge on any atom is 0.0468 e. The van der Waals surface area contributed by atoms with Crippen LogP contribution in [-0.4, -0.2) is 0 Å². The summed E-state index contributed by atoms with van der Waals surface area (Å²) in [6.45, 7) is 10.6. The summed E-state index contributed by atoms with van der Waals surface area (Å²) in [6.07, 6.45) is 6.07. The molecule has 0 heterocycles. The Kier molecular flexibility index (Phi) is 9.13. The first kappa shape index (κ1) is 34.8. The van der Waals surface area contributed by atoms with Crippen LogP contribution in [0.1, 0.15) is 22.3 Å². The minimum atomic E-state index is 1.10. The van der Waals surface area contributed by atoms with Crippen LogP contribution in [-0.2, 0) is 0 Å². The van der Waals surface area contributed by atoms with Gasteiger partial charge in [0, 0.05) is 17.1 Å². The molecule has 0 bridgehead atoms. The summed E-state index contributed by atoms with van der Waals surface area (Å²) in [6, 6.07) is 64.3. The summed E-state index contributed by atoms with van der Waals surface area (Å²) in [4.78, 5) is 2.38. The molecule has 0 saturated heterocycles. The van der Waals surface area contributed by atoms with Gasteiger partial charge in [0.1, 0.15) is 0 Å². The fourth-order valence-corrected chi connectivity index (χ4v) is 8.39. The van der Waals surface area contributed by atoms with Crippen molar-refractivity contribution in [3.8, 4) is 33.4 Å². The first-order chi connectivity index (χ1) is 27.5. The molecule has 0 N–H and O–H groups in total. The largest absolute Gasteiger partial charge is 0.310 e. The number of hydrogen-bond donors (Lipinski definition) is 0. The molecular weight excluding hydrogens is 675 g/mol. The third-order valence-electron chi connectivity index (χ3n) is 11.4. The number of aryl methyl sites for hydroxylation is 3. The predicted octanol–water partition coefficient (Wildman–Crippen LogP) is 15.7. The zero-order valence-corrected chi connectivity index (χ0v) is 32.1. The highest BCUT2D eigenvalue weighted by molar-refractivity contribution is 6.14. The molecular formula is C55H43N. The summed E-state index contributed by atoms with van der Waals surface area (Å²) >= 11 is 0. The highest BCUT2D eigenvalue weighted by Crippen LogP contribution is 2.42. The molecule has 0 radical (unpaired) electrons. The fourth-order valence-electron chi connectivity index (χ4n) is 8.39. The smallest absolute Gasteiger partial charge is 0.0468 e. The van der Waals surface area contributed by atoms with Gasteiger partial charge in [0.05, 0.1) is 0 Å². The van der Waals surface area contributed by atoms with Gasteiger partial charge in [0.2, 0.25) is 0 Å². The zero-order valence-electron chi connectivity index (χ0n) is 32.1. The normalized spacial score (nSPS) is 11.5. The standard InChI is InChI=1S/C55H43N/c1-5-6-17-49-39(4)50-19-12-13-20-52(50)55-36-47(32-34-53(49)55)56(45-28-23-41(24-29-45)40-14-8-7-9-15-40)46-30-25-42(26-31-46)44-22-21-37(2)54(35-44)51-33-27-43-16-10-11-18-48(43)38(51)3/h5-36H,1H2,2-4H3/b17-6-. The average Bonchev–Trinajstić information content (AvgIpc) is 3.25. The third-order valence-corrected chi connectivity index (χ3v) is 11.4. The lowest BCUT2D eigenvalue weighted by Gasteiger charge is -2.27. The molecule has 0 aliphatic rings. The first-order valence-electron chi connectivity index (χ1n) is 19.4. The molecule has 0 unspecified atom stereocenters. The van der Waals surface area contributed by atoms with Crippen LogP contribution in [0.2, 0.25) is 0 Å². The van der Waals surface area contributed by atoms with E-state index in [9.17, 15) is 0 Å². The lowest BCUT2D eigenvalue weighted by Crippen LogP contribution is -2.10. The number of nitrogens with zero attached hydrogens (tertiary/aromatic N) is 1. The molecule has 1 heteroatoms. The summed E-state index contributed by atoms with van der Waals surface area (Å²) in [5, 5.41) is 7.56. The van der Waals surface area contributed by atoms with Crippen LogP contribution in [0.5, 0.6) is 0 Å². The second kappa shape index (κ2) is 14.7. The molecule has 9 aromatic carbocycles. The van der Waals surface area contributed by atoms with E-state index < -0.39 is 0 Å². The van der Waals surface area contributed by atoms with Crippen LogP contribution in [0.4, 0.5) is 17.1 Å². The van der Waals surface area contributed by atoms with E-state index >= 15 is 0 Å². The first-order valence-corrected chi connectivity index (χ1v) is 19.4. The van der Waals surface area contributed by atoms with Gasteiger partial charge in [-0.15, -0.1) is 0 Å². The van der Waals surface area contributed by atoms with Crippen molar-refractivity contribution in [2.45, 2.75) is 20.8 Å². The molecule has 268 valence electrons. The summed E-state index contributed by atoms with van der Waals surface area (Å²) in [7, 11) is 0. The Morgan fingerprint density at radius 2 is 1.00 bits per heavy atom. The second-order valence-electron chi connectivity index (χ2n) is 14.7. The molecule has 0 saturated carbocycles. The Hall–Kier alpha value is -6.96. The molecule has 9 rings (SSSR count). The number of fused-ring (bicyclic) bond motifs is 4. The predicted molar refractivity (Wildman–Crippen MR) is 243 cm³/mol. The highest BCUT2D eigenvalue weighted by atomic mass is 15.1. The van der Waals surface area contributed by atoms with E-state index in [1.165, 1.54) is 88.0 Å². The average molecular weight is 718 g/mol. The molecule has 56 heavy (non-hydrogen) atoms. The van der Waals surface area contributed by atoms with E-state index in [2.05, 4.69) is 214 Å². The quantitative estimate of drug-likeness (QED) is 0.112. The van der Waals surface area contributed by atoms with E-state index in [4.69, 9.17) is 0 Å². The van der Waals surface area contributed by atoms with Crippen molar-refractivity contribution >= 4 is 55.5 Å². The van der Waals surface area contributed by atoms with Crippen LogP contribution < -0.4 is 4.90 Å². The van der Waals surface area contributed by atoms with E-state index in [0.29, 0.717) is 0 Å². The Labute approximate surface area is 330 Å². The van der Waals surface area contributed by atoms with Gasteiger partial charge in [0.25, 0.3) is 0 Å². The van der Waals surface area contributed by atoms with Crippen LogP contribution in [0, 0.1) is 20.8 Å². The maximum absolute atomic E-state index is 3.94. The second-order valence-corrected chi connectivity index (χ2v) is 14.7. The van der Waals surface area contributed by atoms with Gasteiger partial charge in [-0.3, -0.25) is 0 Å². The molecule has 0 fully saturated rings. The minimum absolute atomic E-state index is 1.10. The SMILES string of the molecule is C=C/C=C\c1c(C)c2ccccc2c2cc(N(c3ccc(-c4ccccc4)cc3)c3ccc(-c4ccc(C)c(-c5ccc6ccccc6c5C)c4)cc3)ccc12. The summed E-state index contributed by atoms with van der Waals surface area (Å²) in [5.74, 6) is 0. The van der Waals surface area contributed by atoms with Crippen LogP contribution in [0.15, 0.2) is 195 Å². The van der Waals surface area contributed by atoms with Crippen molar-refractivity contribution in [1.29, 1.82) is 0 Å².